The molecule has 0 unspecified atom stereocenters. The first-order valence-corrected chi connectivity index (χ1v) is 18.5. The van der Waals surface area contributed by atoms with Crippen LogP contribution in [-0.4, -0.2) is 94.8 Å². The van der Waals surface area contributed by atoms with Crippen LogP contribution in [0.5, 0.6) is 0 Å². The summed E-state index contributed by atoms with van der Waals surface area (Å²) in [4.78, 5) is 16.9. The first kappa shape index (κ1) is 22.6. The predicted molar refractivity (Wildman–Crippen MR) is 123 cm³/mol. The molecule has 0 atom stereocenters. The van der Waals surface area contributed by atoms with Crippen molar-refractivity contribution in [1.82, 2.24) is 9.80 Å². The molecule has 1 aromatic carbocycles. The van der Waals surface area contributed by atoms with Gasteiger partial charge in [0.2, 0.25) is 0 Å². The molecule has 152 valence electrons. The molecule has 0 N–H and O–H groups in total. The fourth-order valence-electron chi connectivity index (χ4n) is 2.49. The molecule has 0 amide bonds. The summed E-state index contributed by atoms with van der Waals surface area (Å²) >= 11 is 8.55. The molecule has 28 heavy (non-hydrogen) atoms. The van der Waals surface area contributed by atoms with Gasteiger partial charge in [-0.25, -0.2) is 0 Å². The Kier molecular flexibility index (Phi) is 9.63. The van der Waals surface area contributed by atoms with Crippen LogP contribution in [0.2, 0.25) is 0 Å². The van der Waals surface area contributed by atoms with Crippen molar-refractivity contribution in [2.75, 3.05) is 52.6 Å². The molecule has 6 nitrogen and oxygen atoms in total. The quantitative estimate of drug-likeness (QED) is 0.401. The van der Waals surface area contributed by atoms with Gasteiger partial charge in [0, 0.05) is 0 Å². The number of benzene rings is 1. The zero-order valence-corrected chi connectivity index (χ0v) is 21.0. The Bertz CT molecular complexity index is 653. The Morgan fingerprint density at radius 3 is 1.82 bits per heavy atom. The molecule has 0 radical (unpaired) electrons. The minimum absolute atomic E-state index is 0.307. The Labute approximate surface area is 188 Å². The second-order valence-electron chi connectivity index (χ2n) is 5.88. The molecular formula is C17H21N2O4S4Sb. The van der Waals surface area contributed by atoms with E-state index in [0.29, 0.717) is 32.0 Å². The summed E-state index contributed by atoms with van der Waals surface area (Å²) in [5.41, 5.74) is 0.549. The molecule has 0 bridgehead atoms. The van der Waals surface area contributed by atoms with Gasteiger partial charge in [0.1, 0.15) is 0 Å². The van der Waals surface area contributed by atoms with E-state index in [-0.39, 0.29) is 5.97 Å². The Morgan fingerprint density at radius 1 is 0.893 bits per heavy atom. The summed E-state index contributed by atoms with van der Waals surface area (Å²) in [6.07, 6.45) is 0. The molecule has 11 heteroatoms. The SMILES string of the molecule is O=C([O][Sb]([S]C(=S)N1CCOCC1)[S]C(=S)N1CCOCC1)c1ccccc1. The van der Waals surface area contributed by atoms with Crippen LogP contribution in [0, 0.1) is 0 Å². The van der Waals surface area contributed by atoms with Crippen LogP contribution in [0.25, 0.3) is 0 Å². The van der Waals surface area contributed by atoms with Crippen LogP contribution in [-0.2, 0) is 12.5 Å². The van der Waals surface area contributed by atoms with E-state index < -0.39 is 17.8 Å². The van der Waals surface area contributed by atoms with Gasteiger partial charge in [-0.1, -0.05) is 0 Å². The summed E-state index contributed by atoms with van der Waals surface area (Å²) in [6.45, 7) is 5.75. The molecule has 2 fully saturated rings. The number of carbonyl (C=O) groups excluding carboxylic acids is 1. The Morgan fingerprint density at radius 2 is 1.36 bits per heavy atom. The standard InChI is InChI=1S/C7H6O2.2C5H9NOS2.Sb/c8-7(9)6-4-2-1-3-5-6;2*8-5(9)6-1-3-7-4-2-6;/h1-5H,(H,8,9);2*1-4H2,(H,8,9);/q;;;+3/p-3. The maximum absolute atomic E-state index is 12.6. The summed E-state index contributed by atoms with van der Waals surface area (Å²) in [5, 5.41) is 0. The number of thiocarbonyl (C=S) groups is 2. The van der Waals surface area contributed by atoms with Gasteiger partial charge >= 0.3 is 190 Å². The monoisotopic (exact) mass is 566 g/mol. The van der Waals surface area contributed by atoms with Gasteiger partial charge < -0.3 is 0 Å². The second-order valence-corrected chi connectivity index (χ2v) is 19.2. The van der Waals surface area contributed by atoms with Gasteiger partial charge in [-0.2, -0.15) is 0 Å². The first-order chi connectivity index (χ1) is 13.6. The summed E-state index contributed by atoms with van der Waals surface area (Å²) in [7, 11) is 3.05. The predicted octanol–water partition coefficient (Wildman–Crippen LogP) is 2.53. The fourth-order valence-corrected chi connectivity index (χ4v) is 18.7. The van der Waals surface area contributed by atoms with Crippen LogP contribution in [0.4, 0.5) is 0 Å². The van der Waals surface area contributed by atoms with Crippen molar-refractivity contribution in [3.8, 4) is 0 Å². The molecule has 0 saturated carbocycles. The number of morpholine rings is 2. The summed E-state index contributed by atoms with van der Waals surface area (Å²) in [5.74, 6) is -0.307. The zero-order chi connectivity index (χ0) is 19.8. The van der Waals surface area contributed by atoms with Crippen LogP contribution < -0.4 is 0 Å². The number of hydrogen-bond acceptors (Lipinski definition) is 8. The van der Waals surface area contributed by atoms with Crippen molar-refractivity contribution >= 4 is 74.6 Å². The van der Waals surface area contributed by atoms with Gasteiger partial charge in [-0.15, -0.1) is 0 Å². The number of nitrogens with zero attached hydrogens (tertiary/aromatic N) is 2. The van der Waals surface area contributed by atoms with E-state index in [0.717, 1.165) is 34.8 Å². The molecule has 0 aliphatic carbocycles. The van der Waals surface area contributed by atoms with Gasteiger partial charge in [0.05, 0.1) is 0 Å². The van der Waals surface area contributed by atoms with E-state index in [2.05, 4.69) is 9.80 Å². The molecule has 2 saturated heterocycles. The van der Waals surface area contributed by atoms with Gasteiger partial charge in [-0.05, 0) is 0 Å². The third-order valence-electron chi connectivity index (χ3n) is 4.01. The zero-order valence-electron chi connectivity index (χ0n) is 15.2. The first-order valence-electron chi connectivity index (χ1n) is 8.80. The summed E-state index contributed by atoms with van der Waals surface area (Å²) in [6, 6.07) is 9.05. The van der Waals surface area contributed by atoms with Crippen molar-refractivity contribution < 1.29 is 17.3 Å². The molecule has 2 aliphatic rings. The van der Waals surface area contributed by atoms with Crippen molar-refractivity contribution in [3.63, 3.8) is 0 Å². The molecular weight excluding hydrogens is 546 g/mol. The van der Waals surface area contributed by atoms with E-state index in [4.69, 9.17) is 36.9 Å². The second kappa shape index (κ2) is 11.9. The fraction of sp³-hybridized carbons (Fsp3) is 0.471. The molecule has 2 heterocycles. The third kappa shape index (κ3) is 7.00. The van der Waals surface area contributed by atoms with Crippen LogP contribution >= 0.6 is 42.1 Å². The van der Waals surface area contributed by atoms with E-state index in [9.17, 15) is 4.79 Å². The van der Waals surface area contributed by atoms with Crippen LogP contribution in [0.15, 0.2) is 30.3 Å². The van der Waals surface area contributed by atoms with E-state index in [1.54, 1.807) is 12.1 Å². The van der Waals surface area contributed by atoms with Crippen molar-refractivity contribution in [1.29, 1.82) is 0 Å². The normalized spacial score (nSPS) is 17.5. The molecule has 0 aromatic heterocycles. The average Bonchev–Trinajstić information content (AvgIpc) is 2.75. The maximum atomic E-state index is 12.6. The Hall–Kier alpha value is -0.0918. The van der Waals surface area contributed by atoms with Crippen molar-refractivity contribution in [2.24, 2.45) is 0 Å². The number of rotatable bonds is 4. The molecule has 1 aromatic rings. The molecule has 0 spiro atoms. The van der Waals surface area contributed by atoms with E-state index >= 15 is 0 Å². The number of ether oxygens (including phenoxy) is 2. The van der Waals surface area contributed by atoms with Crippen molar-refractivity contribution in [3.05, 3.63) is 35.9 Å². The average molecular weight is 567 g/mol. The van der Waals surface area contributed by atoms with Gasteiger partial charge in [-0.3, -0.25) is 0 Å². The van der Waals surface area contributed by atoms with Crippen molar-refractivity contribution in [2.45, 2.75) is 0 Å². The number of carbonyl (C=O) groups is 1. The minimum atomic E-state index is -2.70. The number of hydrogen-bond donors (Lipinski definition) is 0. The van der Waals surface area contributed by atoms with E-state index in [1.165, 1.54) is 17.7 Å². The van der Waals surface area contributed by atoms with Crippen LogP contribution in [0.3, 0.4) is 0 Å². The third-order valence-corrected chi connectivity index (χ3v) is 18.8. The van der Waals surface area contributed by atoms with Gasteiger partial charge in [0.25, 0.3) is 0 Å². The Balaban J connectivity index is 1.64. The topological polar surface area (TPSA) is 51.2 Å². The van der Waals surface area contributed by atoms with Gasteiger partial charge in [0.15, 0.2) is 0 Å². The molecule has 2 aliphatic heterocycles. The van der Waals surface area contributed by atoms with Crippen LogP contribution in [0.1, 0.15) is 10.4 Å². The van der Waals surface area contributed by atoms with E-state index in [1.807, 2.05) is 18.2 Å². The summed E-state index contributed by atoms with van der Waals surface area (Å²) < 4.78 is 18.3. The molecule has 3 rings (SSSR count).